The molecule has 0 aliphatic carbocycles. The number of unbranched alkanes of at least 4 members (excludes halogenated alkanes) is 14. The van der Waals surface area contributed by atoms with Gasteiger partial charge in [0, 0.05) is 12.5 Å². The van der Waals surface area contributed by atoms with Crippen molar-refractivity contribution >= 4 is 29.4 Å². The first-order valence-corrected chi connectivity index (χ1v) is 18.0. The minimum atomic E-state index is -4.56. The Labute approximate surface area is 311 Å². The van der Waals surface area contributed by atoms with Crippen molar-refractivity contribution in [3.8, 4) is 5.88 Å². The molecule has 53 heavy (non-hydrogen) atoms. The van der Waals surface area contributed by atoms with Gasteiger partial charge in [-0.15, -0.1) is 0 Å². The van der Waals surface area contributed by atoms with Crippen molar-refractivity contribution in [1.29, 1.82) is 10.8 Å². The third-order valence-electron chi connectivity index (χ3n) is 7.60. The van der Waals surface area contributed by atoms with E-state index in [9.17, 15) is 22.8 Å². The summed E-state index contributed by atoms with van der Waals surface area (Å²) in [4.78, 5) is 25.7. The van der Waals surface area contributed by atoms with Crippen LogP contribution in [0.15, 0.2) is 48.7 Å². The van der Waals surface area contributed by atoms with Crippen molar-refractivity contribution in [2.24, 2.45) is 11.5 Å². The van der Waals surface area contributed by atoms with Crippen molar-refractivity contribution in [3.63, 3.8) is 0 Å². The number of ether oxygens (including phenoxy) is 3. The molecule has 0 aliphatic rings. The Hall–Kier alpha value is -4.82. The zero-order valence-electron chi connectivity index (χ0n) is 31.4. The molecule has 8 N–H and O–H groups in total. The first-order valence-electron chi connectivity index (χ1n) is 18.0. The Morgan fingerprint density at radius 1 is 0.811 bits per heavy atom. The maximum Gasteiger partial charge on any atom is 0.433 e. The molecule has 0 aliphatic heterocycles. The molecule has 298 valence electrons. The van der Waals surface area contributed by atoms with Crippen molar-refractivity contribution in [3.05, 3.63) is 65.5 Å². The molecule has 0 atom stereocenters. The van der Waals surface area contributed by atoms with Gasteiger partial charge in [0.05, 0.1) is 20.5 Å². The summed E-state index contributed by atoms with van der Waals surface area (Å²) in [5.41, 5.74) is 9.64. The zero-order chi connectivity index (χ0) is 39.9. The van der Waals surface area contributed by atoms with E-state index in [1.807, 2.05) is 5.32 Å². The van der Waals surface area contributed by atoms with E-state index in [2.05, 4.69) is 11.9 Å². The van der Waals surface area contributed by atoms with Gasteiger partial charge in [-0.25, -0.2) is 9.78 Å². The summed E-state index contributed by atoms with van der Waals surface area (Å²) in [6.45, 7) is 2.18. The van der Waals surface area contributed by atoms with E-state index in [1.54, 1.807) is 24.3 Å². The third-order valence-corrected chi connectivity index (χ3v) is 7.60. The minimum Gasteiger partial charge on any atom is -0.503 e. The molecule has 0 saturated carbocycles. The summed E-state index contributed by atoms with van der Waals surface area (Å²) in [6, 6.07) is 10.1. The second-order valence-electron chi connectivity index (χ2n) is 12.1. The average molecular weight is 753 g/mol. The number of aliphatic carboxylic acids is 1. The number of benzene rings is 1. The number of halogens is 3. The van der Waals surface area contributed by atoms with Gasteiger partial charge in [-0.3, -0.25) is 20.9 Å². The van der Waals surface area contributed by atoms with Crippen molar-refractivity contribution in [1.82, 2.24) is 10.3 Å². The number of pyridine rings is 1. The quantitative estimate of drug-likeness (QED) is 0.0169. The van der Waals surface area contributed by atoms with Crippen molar-refractivity contribution < 1.29 is 42.1 Å². The number of aromatic nitrogens is 1. The van der Waals surface area contributed by atoms with Crippen LogP contribution in [0.4, 0.5) is 13.2 Å². The second kappa shape index (κ2) is 29.7. The number of carbonyl (C=O) groups excluding carboxylic acids is 1. The highest BCUT2D eigenvalue weighted by atomic mass is 19.4. The number of nitrogens with two attached hydrogens (primary N) is 2. The van der Waals surface area contributed by atoms with Gasteiger partial charge in [0.15, 0.2) is 11.9 Å². The summed E-state index contributed by atoms with van der Waals surface area (Å²) in [5, 5.41) is 23.5. The number of esters is 1. The standard InChI is InChI=1S/C18H16F3NO4.C18H36O2.C2H7N5/c1-24-11-14(17(23)25-2)13-7-4-3-6-12(13)10-26-16-9-5-8-15(22-16)18(19,20)21;1-2-3-4-5-6-7-8-9-10-11-12-13-14-15-16-17-18(19)20;3-1(4)7-2(5)6/h3-9,11H,10H2,1-2H3;2-17H2,1H3,(H,19,20);(H7,3,4,5,6,7)/b14-11+;;. The molecule has 1 aromatic carbocycles. The lowest BCUT2D eigenvalue weighted by Gasteiger charge is -2.13. The number of hydrogen-bond donors (Lipinski definition) is 6. The number of nitrogens with one attached hydrogen (secondary N) is 3. The molecular formula is C38H59F3N6O6. The zero-order valence-corrected chi connectivity index (χ0v) is 31.4. The topological polar surface area (TPSA) is 207 Å². The SMILES string of the molecule is CCCCCCCCCCCCCCCCCC(=O)O.CO/C=C(/C(=O)OC)c1ccccc1COc1cccc(C(F)(F)F)n1.N=C(N)NC(=N)N. The molecule has 12 nitrogen and oxygen atoms in total. The molecule has 15 heteroatoms. The van der Waals surface area contributed by atoms with Crippen LogP contribution in [0.3, 0.4) is 0 Å². The Bertz CT molecular complexity index is 1360. The van der Waals surface area contributed by atoms with Gasteiger partial charge in [-0.2, -0.15) is 13.2 Å². The number of carboxylic acid groups (broad SMARTS) is 1. The van der Waals surface area contributed by atoms with E-state index in [-0.39, 0.29) is 30.0 Å². The maximum atomic E-state index is 12.7. The van der Waals surface area contributed by atoms with Gasteiger partial charge in [0.25, 0.3) is 0 Å². The Morgan fingerprint density at radius 2 is 1.32 bits per heavy atom. The van der Waals surface area contributed by atoms with Gasteiger partial charge in [-0.1, -0.05) is 127 Å². The fraction of sp³-hybridized carbons (Fsp3) is 0.553. The number of rotatable bonds is 22. The maximum absolute atomic E-state index is 12.7. The summed E-state index contributed by atoms with van der Waals surface area (Å²) in [5.74, 6) is -2.07. The molecule has 1 heterocycles. The number of carboxylic acids is 1. The van der Waals surface area contributed by atoms with E-state index >= 15 is 0 Å². The number of alkyl halides is 3. The Kier molecular flexibility index (Phi) is 27.0. The van der Waals surface area contributed by atoms with Crippen LogP contribution in [0.1, 0.15) is 126 Å². The highest BCUT2D eigenvalue weighted by Gasteiger charge is 2.32. The van der Waals surface area contributed by atoms with Crippen LogP contribution < -0.4 is 21.5 Å². The smallest absolute Gasteiger partial charge is 0.433 e. The summed E-state index contributed by atoms with van der Waals surface area (Å²) in [6.07, 6.45) is 16.9. The lowest BCUT2D eigenvalue weighted by atomic mass is 10.0. The fourth-order valence-electron chi connectivity index (χ4n) is 4.96. The minimum absolute atomic E-state index is 0.0947. The summed E-state index contributed by atoms with van der Waals surface area (Å²) < 4.78 is 53.2. The van der Waals surface area contributed by atoms with E-state index in [0.29, 0.717) is 17.5 Å². The first-order chi connectivity index (χ1) is 25.3. The van der Waals surface area contributed by atoms with Gasteiger partial charge in [-0.05, 0) is 23.6 Å². The molecule has 1 aromatic heterocycles. The molecule has 0 radical (unpaired) electrons. The van der Waals surface area contributed by atoms with Crippen LogP contribution in [0.5, 0.6) is 5.88 Å². The Balaban J connectivity index is 0.000000887. The first kappa shape index (κ1) is 48.2. The average Bonchev–Trinajstić information content (AvgIpc) is 3.11. The molecule has 2 aromatic rings. The van der Waals surface area contributed by atoms with Gasteiger partial charge in [0.1, 0.15) is 17.9 Å². The molecule has 0 unspecified atom stereocenters. The van der Waals surface area contributed by atoms with E-state index in [4.69, 9.17) is 41.6 Å². The monoisotopic (exact) mass is 752 g/mol. The number of methoxy groups -OCH3 is 2. The van der Waals surface area contributed by atoms with Crippen LogP contribution in [0.25, 0.3) is 5.57 Å². The van der Waals surface area contributed by atoms with Crippen LogP contribution >= 0.6 is 0 Å². The molecule has 2 rings (SSSR count). The lowest BCUT2D eigenvalue weighted by Crippen LogP contribution is -2.39. The van der Waals surface area contributed by atoms with Crippen LogP contribution in [-0.4, -0.2) is 48.2 Å². The molecule has 0 amide bonds. The molecule has 0 spiro atoms. The number of hydrogen-bond acceptors (Lipinski definition) is 8. The fourth-order valence-corrected chi connectivity index (χ4v) is 4.96. The number of nitrogens with zero attached hydrogens (tertiary/aromatic N) is 1. The van der Waals surface area contributed by atoms with E-state index < -0.39 is 23.8 Å². The van der Waals surface area contributed by atoms with Crippen LogP contribution in [0, 0.1) is 10.8 Å². The van der Waals surface area contributed by atoms with E-state index in [1.165, 1.54) is 116 Å². The summed E-state index contributed by atoms with van der Waals surface area (Å²) >= 11 is 0. The molecule has 0 saturated heterocycles. The molecular weight excluding hydrogens is 693 g/mol. The predicted molar refractivity (Wildman–Crippen MR) is 201 cm³/mol. The van der Waals surface area contributed by atoms with Gasteiger partial charge >= 0.3 is 18.1 Å². The third kappa shape index (κ3) is 25.7. The molecule has 0 fully saturated rings. The van der Waals surface area contributed by atoms with Crippen LogP contribution in [0.2, 0.25) is 0 Å². The van der Waals surface area contributed by atoms with Gasteiger partial charge < -0.3 is 30.8 Å². The predicted octanol–water partition coefficient (Wildman–Crippen LogP) is 8.54. The number of carbonyl (C=O) groups is 2. The van der Waals surface area contributed by atoms with Crippen molar-refractivity contribution in [2.75, 3.05) is 14.2 Å². The number of guanidine groups is 2. The van der Waals surface area contributed by atoms with Gasteiger partial charge in [0.2, 0.25) is 5.88 Å². The van der Waals surface area contributed by atoms with Crippen LogP contribution in [-0.2, 0) is 31.8 Å². The highest BCUT2D eigenvalue weighted by Crippen LogP contribution is 2.29. The Morgan fingerprint density at radius 3 is 1.75 bits per heavy atom. The lowest BCUT2D eigenvalue weighted by molar-refractivity contribution is -0.141. The van der Waals surface area contributed by atoms with Crippen molar-refractivity contribution in [2.45, 2.75) is 122 Å². The normalized spacial score (nSPS) is 10.9. The second-order valence-corrected chi connectivity index (χ2v) is 12.1. The van der Waals surface area contributed by atoms with E-state index in [0.717, 1.165) is 18.9 Å². The largest absolute Gasteiger partial charge is 0.503 e. The highest BCUT2D eigenvalue weighted by molar-refractivity contribution is 6.16. The summed E-state index contributed by atoms with van der Waals surface area (Å²) in [7, 11) is 2.62. The molecule has 0 bridgehead atoms.